The van der Waals surface area contributed by atoms with Crippen LogP contribution in [-0.2, 0) is 9.59 Å². The van der Waals surface area contributed by atoms with Gasteiger partial charge in [0.25, 0.3) is 0 Å². The topological polar surface area (TPSA) is 46.2 Å². The molecule has 3 heteroatoms. The second-order valence-corrected chi connectivity index (χ2v) is 4.99. The summed E-state index contributed by atoms with van der Waals surface area (Å²) in [6.45, 7) is 9.90. The molecule has 1 aromatic carbocycles. The Balaban J connectivity index is 0. The van der Waals surface area contributed by atoms with Crippen molar-refractivity contribution in [1.29, 1.82) is 0 Å². The smallest absolute Gasteiger partial charge is 0.243 e. The van der Waals surface area contributed by atoms with Gasteiger partial charge in [-0.3, -0.25) is 4.79 Å². The number of hydrogen-bond donors (Lipinski definition) is 1. The predicted octanol–water partition coefficient (Wildman–Crippen LogP) is 4.48. The van der Waals surface area contributed by atoms with E-state index >= 15 is 0 Å². The summed E-state index contributed by atoms with van der Waals surface area (Å²) in [5, 5.41) is 2.51. The average Bonchev–Trinajstić information content (AvgIpc) is 2.54. The number of hydrogen-bond acceptors (Lipinski definition) is 2. The van der Waals surface area contributed by atoms with E-state index in [0.29, 0.717) is 11.7 Å². The summed E-state index contributed by atoms with van der Waals surface area (Å²) in [5.74, 6) is 0.886. The Kier molecular flexibility index (Phi) is 15.8. The van der Waals surface area contributed by atoms with Gasteiger partial charge in [-0.2, -0.15) is 0 Å². The first-order valence-electron chi connectivity index (χ1n) is 7.90. The molecule has 1 rings (SSSR count). The zero-order chi connectivity index (χ0) is 17.4. The van der Waals surface area contributed by atoms with Crippen LogP contribution in [0.1, 0.15) is 53.0 Å². The number of carbonyl (C=O) groups is 2. The molecule has 0 radical (unpaired) electrons. The van der Waals surface area contributed by atoms with Crippen molar-refractivity contribution in [2.75, 3.05) is 7.05 Å². The van der Waals surface area contributed by atoms with E-state index < -0.39 is 0 Å². The molecule has 1 amide bonds. The summed E-state index contributed by atoms with van der Waals surface area (Å²) < 4.78 is 0. The van der Waals surface area contributed by atoms with Gasteiger partial charge in [-0.1, -0.05) is 58.0 Å². The first kappa shape index (κ1) is 22.4. The first-order chi connectivity index (χ1) is 10.5. The van der Waals surface area contributed by atoms with Gasteiger partial charge in [0.1, 0.15) is 5.78 Å². The van der Waals surface area contributed by atoms with Crippen LogP contribution in [0.15, 0.2) is 36.4 Å². The van der Waals surface area contributed by atoms with Gasteiger partial charge in [0, 0.05) is 19.5 Å². The lowest BCUT2D eigenvalue weighted by molar-refractivity contribution is -0.117. The number of carbonyl (C=O) groups excluding carboxylic acids is 2. The van der Waals surface area contributed by atoms with E-state index in [4.69, 9.17) is 0 Å². The lowest BCUT2D eigenvalue weighted by Gasteiger charge is -1.98. The molecule has 0 aliphatic rings. The molecule has 0 aliphatic heterocycles. The molecule has 3 nitrogen and oxygen atoms in total. The van der Waals surface area contributed by atoms with E-state index in [1.807, 2.05) is 44.2 Å². The second-order valence-electron chi connectivity index (χ2n) is 4.99. The highest BCUT2D eigenvalue weighted by molar-refractivity contribution is 5.91. The SMILES string of the molecule is CC.CC(=O)CCC(C)C.CNC(=O)/C=C/c1ccccc1. The molecule has 0 saturated carbocycles. The third kappa shape index (κ3) is 16.2. The molecule has 1 N–H and O–H groups in total. The van der Waals surface area contributed by atoms with E-state index in [-0.39, 0.29) is 5.91 Å². The molecule has 1 aromatic rings. The summed E-state index contributed by atoms with van der Waals surface area (Å²) in [7, 11) is 1.61. The number of benzene rings is 1. The summed E-state index contributed by atoms with van der Waals surface area (Å²) in [6.07, 6.45) is 5.07. The van der Waals surface area contributed by atoms with Crippen molar-refractivity contribution in [3.63, 3.8) is 0 Å². The highest BCUT2D eigenvalue weighted by Gasteiger charge is 1.95. The maximum Gasteiger partial charge on any atom is 0.243 e. The van der Waals surface area contributed by atoms with E-state index in [9.17, 15) is 9.59 Å². The van der Waals surface area contributed by atoms with Crippen LogP contribution >= 0.6 is 0 Å². The van der Waals surface area contributed by atoms with Crippen molar-refractivity contribution in [1.82, 2.24) is 5.32 Å². The monoisotopic (exact) mass is 305 g/mol. The lowest BCUT2D eigenvalue weighted by Crippen LogP contribution is -2.13. The summed E-state index contributed by atoms with van der Waals surface area (Å²) in [5.41, 5.74) is 1.03. The van der Waals surface area contributed by atoms with Gasteiger partial charge in [-0.15, -0.1) is 0 Å². The third-order valence-electron chi connectivity index (χ3n) is 2.55. The number of nitrogens with one attached hydrogen (secondary N) is 1. The van der Waals surface area contributed by atoms with Crippen LogP contribution in [0.3, 0.4) is 0 Å². The van der Waals surface area contributed by atoms with E-state index in [0.717, 1.165) is 18.4 Å². The molecular weight excluding hydrogens is 274 g/mol. The Bertz CT molecular complexity index is 422. The molecule has 0 fully saturated rings. The van der Waals surface area contributed by atoms with Crippen LogP contribution in [0.5, 0.6) is 0 Å². The zero-order valence-electron chi connectivity index (χ0n) is 14.8. The van der Waals surface area contributed by atoms with Crippen LogP contribution in [0.4, 0.5) is 0 Å². The van der Waals surface area contributed by atoms with Gasteiger partial charge in [0.05, 0.1) is 0 Å². The molecule has 0 saturated heterocycles. The normalized spacial score (nSPS) is 9.41. The minimum atomic E-state index is -0.0844. The fraction of sp³-hybridized carbons (Fsp3) is 0.474. The molecule has 0 bridgehead atoms. The van der Waals surface area contributed by atoms with Crippen LogP contribution in [0, 0.1) is 5.92 Å². The second kappa shape index (κ2) is 15.5. The number of rotatable bonds is 5. The van der Waals surface area contributed by atoms with Crippen LogP contribution in [-0.4, -0.2) is 18.7 Å². The fourth-order valence-corrected chi connectivity index (χ4v) is 1.31. The van der Waals surface area contributed by atoms with Gasteiger partial charge in [0.2, 0.25) is 5.91 Å². The maximum atomic E-state index is 10.8. The average molecular weight is 305 g/mol. The van der Waals surface area contributed by atoms with Gasteiger partial charge in [-0.05, 0) is 30.9 Å². The van der Waals surface area contributed by atoms with E-state index in [1.54, 1.807) is 20.0 Å². The molecule has 0 unspecified atom stereocenters. The van der Waals surface area contributed by atoms with Crippen molar-refractivity contribution >= 4 is 17.8 Å². The Morgan fingerprint density at radius 2 is 1.68 bits per heavy atom. The number of Topliss-reactive ketones (excluding diaryl/α,β-unsaturated/α-hetero) is 1. The van der Waals surface area contributed by atoms with Gasteiger partial charge >= 0.3 is 0 Å². The maximum absolute atomic E-state index is 10.8. The Morgan fingerprint density at radius 3 is 2.05 bits per heavy atom. The standard InChI is InChI=1S/C10H11NO.C7H14O.C2H6/c1-11-10(12)8-7-9-5-3-2-4-6-9;1-6(2)4-5-7(3)8;1-2/h2-8H,1H3,(H,11,12);6H,4-5H2,1-3H3;1-2H3/b8-7+;;. The summed E-state index contributed by atoms with van der Waals surface area (Å²) >= 11 is 0. The first-order valence-corrected chi connectivity index (χ1v) is 7.90. The molecule has 0 spiro atoms. The molecule has 0 aromatic heterocycles. The minimum Gasteiger partial charge on any atom is -0.356 e. The van der Waals surface area contributed by atoms with Crippen LogP contribution in [0.2, 0.25) is 0 Å². The van der Waals surface area contributed by atoms with Crippen molar-refractivity contribution in [3.8, 4) is 0 Å². The summed E-state index contributed by atoms with van der Waals surface area (Å²) in [6, 6.07) is 9.70. The Labute approximate surface area is 135 Å². The predicted molar refractivity (Wildman–Crippen MR) is 95.6 cm³/mol. The van der Waals surface area contributed by atoms with E-state index in [1.165, 1.54) is 6.08 Å². The van der Waals surface area contributed by atoms with Gasteiger partial charge < -0.3 is 10.1 Å². The van der Waals surface area contributed by atoms with E-state index in [2.05, 4.69) is 19.2 Å². The molecule has 124 valence electrons. The molecular formula is C19H31NO2. The van der Waals surface area contributed by atoms with Crippen molar-refractivity contribution < 1.29 is 9.59 Å². The quantitative estimate of drug-likeness (QED) is 0.815. The molecule has 22 heavy (non-hydrogen) atoms. The summed E-state index contributed by atoms with van der Waals surface area (Å²) in [4.78, 5) is 21.1. The molecule has 0 aliphatic carbocycles. The van der Waals surface area contributed by atoms with Crippen LogP contribution in [0.25, 0.3) is 6.08 Å². The highest BCUT2D eigenvalue weighted by atomic mass is 16.1. The number of ketones is 1. The third-order valence-corrected chi connectivity index (χ3v) is 2.55. The van der Waals surface area contributed by atoms with Gasteiger partial charge in [0.15, 0.2) is 0 Å². The van der Waals surface area contributed by atoms with Crippen molar-refractivity contribution in [3.05, 3.63) is 42.0 Å². The highest BCUT2D eigenvalue weighted by Crippen LogP contribution is 2.02. The zero-order valence-corrected chi connectivity index (χ0v) is 14.8. The Hall–Kier alpha value is -1.90. The minimum absolute atomic E-state index is 0.0844. The molecule has 0 heterocycles. The van der Waals surface area contributed by atoms with Crippen LogP contribution < -0.4 is 5.32 Å². The molecule has 0 atom stereocenters. The largest absolute Gasteiger partial charge is 0.356 e. The van der Waals surface area contributed by atoms with Gasteiger partial charge in [-0.25, -0.2) is 0 Å². The lowest BCUT2D eigenvalue weighted by atomic mass is 10.1. The Morgan fingerprint density at radius 1 is 1.14 bits per heavy atom. The number of likely N-dealkylation sites (N-methyl/N-ethyl adjacent to an activating group) is 1. The fourth-order valence-electron chi connectivity index (χ4n) is 1.31. The van der Waals surface area contributed by atoms with Crippen molar-refractivity contribution in [2.45, 2.75) is 47.5 Å². The number of amides is 1. The van der Waals surface area contributed by atoms with Crippen molar-refractivity contribution in [2.24, 2.45) is 5.92 Å².